The lowest BCUT2D eigenvalue weighted by Crippen LogP contribution is -2.35. The van der Waals surface area contributed by atoms with E-state index in [9.17, 15) is 9.59 Å². The first-order valence-electron chi connectivity index (χ1n) is 12.7. The van der Waals surface area contributed by atoms with Gasteiger partial charge in [0.15, 0.2) is 4.88 Å². The first-order valence-corrected chi connectivity index (χ1v) is 14.3. The highest BCUT2D eigenvalue weighted by Gasteiger charge is 2.30. The number of thiazole rings is 1. The molecule has 1 saturated heterocycles. The number of hydrogen-bond donors (Lipinski definition) is 2. The summed E-state index contributed by atoms with van der Waals surface area (Å²) in [5.74, 6) is 1.02. The predicted octanol–water partition coefficient (Wildman–Crippen LogP) is 5.51. The molecular formula is C27H29Cl2N5O3S. The lowest BCUT2D eigenvalue weighted by atomic mass is 9.97. The van der Waals surface area contributed by atoms with Crippen LogP contribution in [-0.2, 0) is 11.3 Å². The predicted molar refractivity (Wildman–Crippen MR) is 150 cm³/mol. The third-order valence-electron chi connectivity index (χ3n) is 6.79. The molecule has 0 atom stereocenters. The number of halogens is 2. The summed E-state index contributed by atoms with van der Waals surface area (Å²) in [5.41, 5.74) is 1.91. The van der Waals surface area contributed by atoms with Gasteiger partial charge in [-0.25, -0.2) is 9.97 Å². The third kappa shape index (κ3) is 6.64. The van der Waals surface area contributed by atoms with Crippen LogP contribution in [0.3, 0.4) is 0 Å². The topological polar surface area (TPSA) is 96.5 Å². The number of nitrogens with zero attached hydrogens (tertiary/aromatic N) is 3. The van der Waals surface area contributed by atoms with Crippen molar-refractivity contribution in [2.24, 2.45) is 11.8 Å². The van der Waals surface area contributed by atoms with Crippen molar-refractivity contribution in [3.05, 3.63) is 57.0 Å². The summed E-state index contributed by atoms with van der Waals surface area (Å²) in [4.78, 5) is 36.4. The van der Waals surface area contributed by atoms with Crippen molar-refractivity contribution in [1.82, 2.24) is 20.2 Å². The van der Waals surface area contributed by atoms with E-state index in [-0.39, 0.29) is 17.7 Å². The van der Waals surface area contributed by atoms with Gasteiger partial charge in [-0.3, -0.25) is 14.5 Å². The average molecular weight is 575 g/mol. The number of ether oxygens (including phenoxy) is 1. The van der Waals surface area contributed by atoms with E-state index in [1.165, 1.54) is 11.3 Å². The Bertz CT molecular complexity index is 1320. The number of likely N-dealkylation sites (tertiary alicyclic amines) is 1. The first-order chi connectivity index (χ1) is 18.4. The van der Waals surface area contributed by atoms with Crippen LogP contribution in [0.4, 0.5) is 5.82 Å². The van der Waals surface area contributed by atoms with E-state index in [0.717, 1.165) is 56.4 Å². The Morgan fingerprint density at radius 1 is 1.11 bits per heavy atom. The van der Waals surface area contributed by atoms with Crippen LogP contribution in [0.5, 0.6) is 5.88 Å². The Kier molecular flexibility index (Phi) is 8.48. The summed E-state index contributed by atoms with van der Waals surface area (Å²) in [6, 6.07) is 9.36. The molecule has 1 aromatic carbocycles. The molecule has 0 radical (unpaired) electrons. The molecule has 2 N–H and O–H groups in total. The van der Waals surface area contributed by atoms with Crippen LogP contribution in [0.2, 0.25) is 10.0 Å². The lowest BCUT2D eigenvalue weighted by Gasteiger charge is -2.31. The molecule has 3 heterocycles. The number of benzene rings is 1. The van der Waals surface area contributed by atoms with Crippen molar-refractivity contribution in [1.29, 1.82) is 0 Å². The quantitative estimate of drug-likeness (QED) is 0.350. The van der Waals surface area contributed by atoms with Crippen molar-refractivity contribution in [2.45, 2.75) is 32.2 Å². The normalized spacial score (nSPS) is 16.3. The second-order valence-electron chi connectivity index (χ2n) is 9.70. The molecule has 3 aromatic rings. The summed E-state index contributed by atoms with van der Waals surface area (Å²) < 4.78 is 6.12. The summed E-state index contributed by atoms with van der Waals surface area (Å²) in [7, 11) is 1.59. The van der Waals surface area contributed by atoms with Crippen LogP contribution >= 0.6 is 34.5 Å². The smallest absolute Gasteiger partial charge is 0.266 e. The Labute approximate surface area is 235 Å². The summed E-state index contributed by atoms with van der Waals surface area (Å²) >= 11 is 13.5. The molecule has 5 rings (SSSR count). The Morgan fingerprint density at radius 3 is 2.61 bits per heavy atom. The van der Waals surface area contributed by atoms with E-state index < -0.39 is 0 Å². The molecule has 0 bridgehead atoms. The van der Waals surface area contributed by atoms with Gasteiger partial charge >= 0.3 is 0 Å². The molecule has 11 heteroatoms. The molecule has 2 aliphatic rings. The van der Waals surface area contributed by atoms with Gasteiger partial charge in [-0.1, -0.05) is 29.3 Å². The zero-order valence-electron chi connectivity index (χ0n) is 21.0. The molecular weight excluding hydrogens is 545 g/mol. The SMILES string of the molecule is CNC(=O)c1sc(-c2ccnc(NC(=O)C3CC3)c2)nc1OCC1CCN(Cc2ccc(Cl)c(Cl)c2)CC1. The van der Waals surface area contributed by atoms with Gasteiger partial charge in [-0.05, 0) is 74.5 Å². The fourth-order valence-corrected chi connectivity index (χ4v) is 5.67. The summed E-state index contributed by atoms with van der Waals surface area (Å²) in [5, 5.41) is 7.32. The minimum Gasteiger partial charge on any atom is -0.476 e. The van der Waals surface area contributed by atoms with E-state index in [1.54, 1.807) is 19.3 Å². The molecule has 1 saturated carbocycles. The maximum Gasteiger partial charge on any atom is 0.266 e. The summed E-state index contributed by atoms with van der Waals surface area (Å²) in [6.45, 7) is 3.22. The van der Waals surface area contributed by atoms with Crippen molar-refractivity contribution in [3.8, 4) is 16.5 Å². The van der Waals surface area contributed by atoms with E-state index >= 15 is 0 Å². The largest absolute Gasteiger partial charge is 0.476 e. The monoisotopic (exact) mass is 573 g/mol. The second kappa shape index (κ2) is 12.0. The lowest BCUT2D eigenvalue weighted by molar-refractivity contribution is -0.117. The number of aromatic nitrogens is 2. The fraction of sp³-hybridized carbons (Fsp3) is 0.407. The Balaban J connectivity index is 1.20. The highest BCUT2D eigenvalue weighted by molar-refractivity contribution is 7.17. The minimum absolute atomic E-state index is 0.00753. The molecule has 0 spiro atoms. The van der Waals surface area contributed by atoms with Gasteiger partial charge in [0, 0.05) is 31.3 Å². The molecule has 0 unspecified atom stereocenters. The number of nitrogens with one attached hydrogen (secondary N) is 2. The highest BCUT2D eigenvalue weighted by atomic mass is 35.5. The van der Waals surface area contributed by atoms with Crippen LogP contribution in [-0.4, -0.2) is 53.4 Å². The van der Waals surface area contributed by atoms with Crippen LogP contribution in [0, 0.1) is 11.8 Å². The van der Waals surface area contributed by atoms with Gasteiger partial charge < -0.3 is 15.4 Å². The van der Waals surface area contributed by atoms with Crippen molar-refractivity contribution < 1.29 is 14.3 Å². The number of pyridine rings is 1. The van der Waals surface area contributed by atoms with Crippen molar-refractivity contribution in [3.63, 3.8) is 0 Å². The molecule has 38 heavy (non-hydrogen) atoms. The summed E-state index contributed by atoms with van der Waals surface area (Å²) in [6.07, 6.45) is 5.45. The Hall–Kier alpha value is -2.72. The maximum absolute atomic E-state index is 12.6. The number of amides is 2. The van der Waals surface area contributed by atoms with Gasteiger partial charge in [0.2, 0.25) is 11.8 Å². The average Bonchev–Trinajstić information content (AvgIpc) is 3.69. The van der Waals surface area contributed by atoms with Gasteiger partial charge in [0.25, 0.3) is 5.91 Å². The van der Waals surface area contributed by atoms with E-state index in [1.807, 2.05) is 24.3 Å². The number of carbonyl (C=O) groups is 2. The molecule has 1 aliphatic heterocycles. The van der Waals surface area contributed by atoms with Crippen LogP contribution < -0.4 is 15.4 Å². The minimum atomic E-state index is -0.239. The molecule has 2 fully saturated rings. The molecule has 200 valence electrons. The highest BCUT2D eigenvalue weighted by Crippen LogP contribution is 2.35. The third-order valence-corrected chi connectivity index (χ3v) is 8.61. The number of piperidine rings is 1. The molecule has 1 aliphatic carbocycles. The van der Waals surface area contributed by atoms with E-state index in [0.29, 0.717) is 44.2 Å². The maximum atomic E-state index is 12.6. The van der Waals surface area contributed by atoms with Gasteiger partial charge in [-0.15, -0.1) is 11.3 Å². The second-order valence-corrected chi connectivity index (χ2v) is 11.5. The van der Waals surface area contributed by atoms with Gasteiger partial charge in [0.1, 0.15) is 10.8 Å². The number of anilines is 1. The zero-order chi connectivity index (χ0) is 26.6. The number of rotatable bonds is 9. The number of hydrogen-bond acceptors (Lipinski definition) is 7. The first kappa shape index (κ1) is 26.9. The van der Waals surface area contributed by atoms with E-state index in [2.05, 4.69) is 25.5 Å². The van der Waals surface area contributed by atoms with E-state index in [4.69, 9.17) is 27.9 Å². The van der Waals surface area contributed by atoms with Crippen molar-refractivity contribution in [2.75, 3.05) is 32.1 Å². The van der Waals surface area contributed by atoms with Crippen LogP contribution in [0.15, 0.2) is 36.5 Å². The number of carbonyl (C=O) groups excluding carboxylic acids is 2. The molecule has 2 amide bonds. The fourth-order valence-electron chi connectivity index (χ4n) is 4.39. The van der Waals surface area contributed by atoms with Gasteiger partial charge in [0.05, 0.1) is 16.7 Å². The molecule has 8 nitrogen and oxygen atoms in total. The van der Waals surface area contributed by atoms with Gasteiger partial charge in [-0.2, -0.15) is 0 Å². The van der Waals surface area contributed by atoms with Crippen LogP contribution in [0.25, 0.3) is 10.6 Å². The molecule has 2 aromatic heterocycles. The van der Waals surface area contributed by atoms with Crippen LogP contribution in [0.1, 0.15) is 40.9 Å². The van der Waals surface area contributed by atoms with Crippen molar-refractivity contribution >= 4 is 52.2 Å². The Morgan fingerprint density at radius 2 is 1.89 bits per heavy atom. The standard InChI is InChI=1S/C27H29Cl2N5O3S/c1-30-25(36)23-26(33-27(38-23)19-6-9-31-22(13-19)32-24(35)18-3-4-18)37-15-16-7-10-34(11-8-16)14-17-2-5-20(28)21(29)12-17/h2,5-6,9,12-13,16,18H,3-4,7-8,10-11,14-15H2,1H3,(H,30,36)(H,31,32,35). The zero-order valence-corrected chi connectivity index (χ0v) is 23.3.